The number of nitrogens with two attached hydrogens (primary N) is 1. The quantitative estimate of drug-likeness (QED) is 0.0212. The van der Waals surface area contributed by atoms with E-state index in [4.69, 9.17) is 24.3 Å². The van der Waals surface area contributed by atoms with Gasteiger partial charge in [-0.15, -0.1) is 0 Å². The molecule has 3 N–H and O–H groups in total. The van der Waals surface area contributed by atoms with Gasteiger partial charge < -0.3 is 20.1 Å². The largest absolute Gasteiger partial charge is 0.492 e. The van der Waals surface area contributed by atoms with Gasteiger partial charge in [-0.25, -0.2) is 4.57 Å². The lowest BCUT2D eigenvalue weighted by atomic mass is 10.0. The first-order valence-electron chi connectivity index (χ1n) is 20.2. The van der Waals surface area contributed by atoms with Crippen molar-refractivity contribution in [3.05, 3.63) is 48.8 Å². The van der Waals surface area contributed by atoms with Crippen molar-refractivity contribution in [3.8, 4) is 0 Å². The molecule has 9 heteroatoms. The minimum atomic E-state index is -4.27. The summed E-state index contributed by atoms with van der Waals surface area (Å²) in [5, 5.41) is 0. The summed E-state index contributed by atoms with van der Waals surface area (Å²) in [6, 6.07) is 0. The van der Waals surface area contributed by atoms with E-state index in [0.717, 1.165) is 70.6 Å². The molecule has 0 aromatic carbocycles. The normalized spacial score (nSPS) is 14.0. The highest BCUT2D eigenvalue weighted by molar-refractivity contribution is 7.47. The number of unbranched alkanes of at least 4 members (excludes halogenated alkanes) is 19. The lowest BCUT2D eigenvalue weighted by molar-refractivity contribution is -0.147. The number of esters is 1. The van der Waals surface area contributed by atoms with Gasteiger partial charge in [-0.1, -0.05) is 153 Å². The van der Waals surface area contributed by atoms with Gasteiger partial charge in [0.15, 0.2) is 6.10 Å². The summed E-state index contributed by atoms with van der Waals surface area (Å²) in [5.41, 5.74) is 5.35. The van der Waals surface area contributed by atoms with Crippen molar-refractivity contribution in [1.29, 1.82) is 0 Å². The molecule has 1 unspecified atom stereocenters. The lowest BCUT2D eigenvalue weighted by Crippen LogP contribution is -2.25. The van der Waals surface area contributed by atoms with Crippen molar-refractivity contribution in [1.82, 2.24) is 0 Å². The summed E-state index contributed by atoms with van der Waals surface area (Å²) in [6.07, 6.45) is 45.1. The van der Waals surface area contributed by atoms with Crippen LogP contribution in [0.1, 0.15) is 174 Å². The highest BCUT2D eigenvalue weighted by Gasteiger charge is 2.24. The van der Waals surface area contributed by atoms with Crippen LogP contribution < -0.4 is 5.73 Å². The van der Waals surface area contributed by atoms with Crippen LogP contribution in [0.25, 0.3) is 0 Å². The zero-order chi connectivity index (χ0) is 36.6. The van der Waals surface area contributed by atoms with Crippen molar-refractivity contribution in [2.24, 2.45) is 5.73 Å². The fourth-order valence-corrected chi connectivity index (χ4v) is 6.11. The Labute approximate surface area is 307 Å². The smallest absolute Gasteiger partial charge is 0.472 e. The predicted molar refractivity (Wildman–Crippen MR) is 210 cm³/mol. The van der Waals surface area contributed by atoms with Gasteiger partial charge in [-0.2, -0.15) is 0 Å². The van der Waals surface area contributed by atoms with Crippen molar-refractivity contribution in [2.75, 3.05) is 26.4 Å². The van der Waals surface area contributed by atoms with Gasteiger partial charge >= 0.3 is 13.8 Å². The van der Waals surface area contributed by atoms with Crippen LogP contribution in [0.4, 0.5) is 0 Å². The van der Waals surface area contributed by atoms with Crippen molar-refractivity contribution >= 4 is 13.8 Å². The second kappa shape index (κ2) is 38.5. The number of carbonyl (C=O) groups excluding carboxylic acids is 1. The highest BCUT2D eigenvalue weighted by atomic mass is 31.2. The van der Waals surface area contributed by atoms with E-state index < -0.39 is 13.9 Å². The molecule has 0 aliphatic carbocycles. The molecule has 292 valence electrons. The fourth-order valence-electron chi connectivity index (χ4n) is 5.35. The number of phosphoric acid groups is 1. The van der Waals surface area contributed by atoms with E-state index >= 15 is 0 Å². The highest BCUT2D eigenvalue weighted by Crippen LogP contribution is 2.43. The first-order valence-corrected chi connectivity index (χ1v) is 21.7. The third-order valence-corrected chi connectivity index (χ3v) is 9.33. The average molecular weight is 726 g/mol. The van der Waals surface area contributed by atoms with Crippen LogP contribution in [0.3, 0.4) is 0 Å². The molecule has 0 heterocycles. The minimum absolute atomic E-state index is 0.0735. The van der Waals surface area contributed by atoms with Crippen molar-refractivity contribution in [2.45, 2.75) is 180 Å². The second-order valence-corrected chi connectivity index (χ2v) is 14.6. The van der Waals surface area contributed by atoms with Gasteiger partial charge in [0.25, 0.3) is 0 Å². The summed E-state index contributed by atoms with van der Waals surface area (Å²) < 4.78 is 33.1. The molecule has 0 rings (SSSR count). The fraction of sp³-hybridized carbons (Fsp3) is 0.780. The van der Waals surface area contributed by atoms with E-state index in [1.54, 1.807) is 6.26 Å². The molecule has 0 fully saturated rings. The van der Waals surface area contributed by atoms with E-state index in [1.807, 2.05) is 6.08 Å². The molecule has 0 aromatic heterocycles. The van der Waals surface area contributed by atoms with Crippen LogP contribution in [0.2, 0.25) is 0 Å². The standard InChI is InChI=1S/C41H76NO7P/c1-3-5-7-9-11-13-15-17-19-21-23-25-27-29-31-33-36-46-40(39-49-50(44,45)48-37-35-42)38-47-41(43)34-32-30-28-26-24-22-20-18-16-14-12-10-8-6-4-2/h6,8,12,14,18,20,33,36,40H,3-5,7,9-11,13,15-17,19,21-32,34-35,37-39,42H2,1-2H3,(H,44,45)/b8-6-,14-12-,20-18-,36-33-/t40-/m1/s1. The maximum atomic E-state index is 12.4. The first-order chi connectivity index (χ1) is 24.4. The zero-order valence-electron chi connectivity index (χ0n) is 32.1. The molecule has 0 amide bonds. The molecule has 0 aromatic rings. The minimum Gasteiger partial charge on any atom is -0.492 e. The molecular weight excluding hydrogens is 649 g/mol. The Bertz CT molecular complexity index is 905. The summed E-state index contributed by atoms with van der Waals surface area (Å²) in [4.78, 5) is 22.2. The van der Waals surface area contributed by atoms with Crippen LogP contribution in [0.15, 0.2) is 48.8 Å². The van der Waals surface area contributed by atoms with Gasteiger partial charge in [0.1, 0.15) is 6.61 Å². The molecular formula is C41H76NO7P. The van der Waals surface area contributed by atoms with Gasteiger partial charge in [-0.3, -0.25) is 13.8 Å². The third kappa shape index (κ3) is 37.6. The maximum Gasteiger partial charge on any atom is 0.472 e. The van der Waals surface area contributed by atoms with Crippen LogP contribution in [-0.2, 0) is 27.9 Å². The van der Waals surface area contributed by atoms with Crippen LogP contribution >= 0.6 is 7.82 Å². The molecule has 0 saturated heterocycles. The Morgan fingerprint density at radius 2 is 1.14 bits per heavy atom. The molecule has 0 aliphatic rings. The number of hydrogen-bond acceptors (Lipinski definition) is 7. The van der Waals surface area contributed by atoms with Crippen LogP contribution in [-0.4, -0.2) is 43.3 Å². The number of phosphoric ester groups is 1. The lowest BCUT2D eigenvalue weighted by Gasteiger charge is -2.19. The Morgan fingerprint density at radius 1 is 0.640 bits per heavy atom. The molecule has 0 bridgehead atoms. The van der Waals surface area contributed by atoms with Crippen LogP contribution in [0, 0.1) is 0 Å². The zero-order valence-corrected chi connectivity index (χ0v) is 33.0. The summed E-state index contributed by atoms with van der Waals surface area (Å²) in [7, 11) is -4.27. The number of ether oxygens (including phenoxy) is 2. The summed E-state index contributed by atoms with van der Waals surface area (Å²) in [6.45, 7) is 4.08. The number of carbonyl (C=O) groups is 1. The molecule has 0 radical (unpaired) electrons. The molecule has 50 heavy (non-hydrogen) atoms. The number of hydrogen-bond donors (Lipinski definition) is 2. The maximum absolute atomic E-state index is 12.4. The van der Waals surface area contributed by atoms with E-state index in [9.17, 15) is 14.3 Å². The van der Waals surface area contributed by atoms with E-state index in [-0.39, 0.29) is 32.3 Å². The van der Waals surface area contributed by atoms with Crippen molar-refractivity contribution in [3.63, 3.8) is 0 Å². The molecule has 0 spiro atoms. The second-order valence-electron chi connectivity index (χ2n) is 13.2. The van der Waals surface area contributed by atoms with E-state index in [1.165, 1.54) is 83.5 Å². The van der Waals surface area contributed by atoms with Gasteiger partial charge in [0.05, 0.1) is 19.5 Å². The molecule has 2 atom stereocenters. The number of allylic oxidation sites excluding steroid dienone is 7. The van der Waals surface area contributed by atoms with Crippen molar-refractivity contribution < 1.29 is 32.8 Å². The van der Waals surface area contributed by atoms with E-state index in [2.05, 4.69) is 50.3 Å². The third-order valence-electron chi connectivity index (χ3n) is 8.35. The Kier molecular flexibility index (Phi) is 37.2. The Balaban J connectivity index is 4.14. The Hall–Kier alpha value is -1.70. The van der Waals surface area contributed by atoms with Crippen LogP contribution in [0.5, 0.6) is 0 Å². The topological polar surface area (TPSA) is 117 Å². The average Bonchev–Trinajstić information content (AvgIpc) is 3.11. The monoisotopic (exact) mass is 726 g/mol. The SMILES string of the molecule is CC/C=C\C/C=C\C/C=C\CCCCCCCC(=O)OC[C@H](COP(=O)(O)OCCN)O/C=C\CCCCCCCCCCCCCCCC. The summed E-state index contributed by atoms with van der Waals surface area (Å²) in [5.74, 6) is -0.308. The first kappa shape index (κ1) is 48.3. The Morgan fingerprint density at radius 3 is 1.70 bits per heavy atom. The molecule has 8 nitrogen and oxygen atoms in total. The number of rotatable bonds is 38. The van der Waals surface area contributed by atoms with E-state index in [0.29, 0.717) is 6.42 Å². The predicted octanol–water partition coefficient (Wildman–Crippen LogP) is 12.0. The van der Waals surface area contributed by atoms with Gasteiger partial charge in [0, 0.05) is 13.0 Å². The van der Waals surface area contributed by atoms with Gasteiger partial charge in [0.2, 0.25) is 0 Å². The van der Waals surface area contributed by atoms with Gasteiger partial charge in [-0.05, 0) is 57.4 Å². The molecule has 0 saturated carbocycles. The summed E-state index contributed by atoms with van der Waals surface area (Å²) >= 11 is 0. The molecule has 0 aliphatic heterocycles.